The van der Waals surface area contributed by atoms with Crippen LogP contribution in [-0.4, -0.2) is 107 Å². The Morgan fingerprint density at radius 1 is 0.889 bits per heavy atom. The number of nitrogens with zero attached hydrogens (tertiary/aromatic N) is 4. The summed E-state index contributed by atoms with van der Waals surface area (Å²) in [4.78, 5) is 69.4. The number of likely N-dealkylation sites (tertiary alicyclic amines) is 1. The topological polar surface area (TPSA) is 177 Å². The number of benzene rings is 2. The molecule has 54 heavy (non-hydrogen) atoms. The molecule has 5 heterocycles. The number of carbonyl (C=O) groups is 3. The molecule has 2 atom stereocenters. The zero-order valence-corrected chi connectivity index (χ0v) is 30.6. The van der Waals surface area contributed by atoms with Gasteiger partial charge in [0.1, 0.15) is 5.75 Å². The second-order valence-electron chi connectivity index (χ2n) is 15.0. The number of nitrogens with one attached hydrogen (secondary N) is 3. The molecule has 0 radical (unpaired) electrons. The molecule has 3 amide bonds. The van der Waals surface area contributed by atoms with E-state index in [9.17, 15) is 24.3 Å². The van der Waals surface area contributed by atoms with Crippen LogP contribution in [0, 0.1) is 5.92 Å². The molecule has 13 heteroatoms. The van der Waals surface area contributed by atoms with Crippen LogP contribution in [0.4, 0.5) is 5.69 Å². The van der Waals surface area contributed by atoms with E-state index in [-0.39, 0.29) is 35.5 Å². The number of phenolic OH excluding ortho intramolecular Hbond substituents is 1. The maximum Gasteiger partial charge on any atom is 0.253 e. The molecule has 284 valence electrons. The van der Waals surface area contributed by atoms with Gasteiger partial charge in [-0.25, -0.2) is 0 Å². The first-order chi connectivity index (χ1) is 26.2. The minimum Gasteiger partial charge on any atom is -0.508 e. The van der Waals surface area contributed by atoms with E-state index in [0.29, 0.717) is 69.7 Å². The minimum absolute atomic E-state index is 0.0540. The van der Waals surface area contributed by atoms with E-state index in [0.717, 1.165) is 42.5 Å². The van der Waals surface area contributed by atoms with E-state index < -0.39 is 23.4 Å². The van der Waals surface area contributed by atoms with Crippen molar-refractivity contribution >= 4 is 34.3 Å². The number of piperazine rings is 1. The molecule has 0 unspecified atom stereocenters. The van der Waals surface area contributed by atoms with Gasteiger partial charge >= 0.3 is 0 Å². The minimum atomic E-state index is -1.95. The van der Waals surface area contributed by atoms with Gasteiger partial charge in [0.05, 0.1) is 6.04 Å². The number of rotatable bonds is 11. The number of phenols is 1. The number of primary amides is 1. The van der Waals surface area contributed by atoms with Gasteiger partial charge in [-0.3, -0.25) is 29.5 Å². The van der Waals surface area contributed by atoms with Gasteiger partial charge in [-0.15, -0.1) is 0 Å². The highest BCUT2D eigenvalue weighted by molar-refractivity contribution is 6.10. The third kappa shape index (κ3) is 8.12. The van der Waals surface area contributed by atoms with Gasteiger partial charge in [-0.1, -0.05) is 30.3 Å². The molecule has 13 nitrogen and oxygen atoms in total. The lowest BCUT2D eigenvalue weighted by atomic mass is 9.83. The highest BCUT2D eigenvalue weighted by Crippen LogP contribution is 2.31. The first-order valence-electron chi connectivity index (χ1n) is 19.1. The van der Waals surface area contributed by atoms with E-state index in [4.69, 9.17) is 5.73 Å². The molecule has 3 saturated heterocycles. The molecule has 7 rings (SSSR count). The quantitative estimate of drug-likeness (QED) is 0.145. The summed E-state index contributed by atoms with van der Waals surface area (Å²) in [5, 5.41) is 17.7. The molecular weight excluding hydrogens is 685 g/mol. The predicted molar refractivity (Wildman–Crippen MR) is 207 cm³/mol. The van der Waals surface area contributed by atoms with Crippen molar-refractivity contribution in [2.75, 3.05) is 57.3 Å². The summed E-state index contributed by atoms with van der Waals surface area (Å²) in [6.07, 6.45) is 6.67. The number of para-hydroxylation sites is 1. The lowest BCUT2D eigenvalue weighted by Gasteiger charge is -2.43. The molecule has 0 saturated carbocycles. The third-order valence-corrected chi connectivity index (χ3v) is 11.6. The molecule has 3 aliphatic rings. The standard InChI is InChI=1S/C41H50N8O5/c42-39(53)41(27-29-5-7-33(50)8-6-29,40(54)49-19-13-30(14-20-49)34-26-31-3-1-2-4-35(31)45-37(34)51)46-36(25-28-9-15-43-16-10-28)38(52)48-23-21-47(22-24-48)32-11-17-44-18-12-32/h1-8,11-12,17-18,26,28,30,36,43,46,50H,9-10,13-16,19-25,27H2,(H2,42,53)(H,45,51)/t36-,41+/m0/s1. The number of hydrogen-bond donors (Lipinski definition) is 5. The van der Waals surface area contributed by atoms with Crippen LogP contribution >= 0.6 is 0 Å². The zero-order chi connectivity index (χ0) is 37.7. The van der Waals surface area contributed by atoms with Crippen molar-refractivity contribution < 1.29 is 19.5 Å². The van der Waals surface area contributed by atoms with Crippen molar-refractivity contribution in [2.24, 2.45) is 11.7 Å². The van der Waals surface area contributed by atoms with E-state index in [1.165, 1.54) is 12.1 Å². The fraction of sp³-hybridized carbons (Fsp3) is 0.439. The Balaban J connectivity index is 1.16. The number of piperidine rings is 2. The number of amides is 3. The van der Waals surface area contributed by atoms with Gasteiger partial charge in [-0.05, 0) is 104 Å². The molecule has 0 spiro atoms. The highest BCUT2D eigenvalue weighted by atomic mass is 16.3. The SMILES string of the molecule is NC(=O)[C@@](Cc1ccc(O)cc1)(N[C@@H](CC1CCNCC1)C(=O)N1CCN(c2ccncc2)CC1)C(=O)N1CCC(c2cc3ccccc3[nH]c2=O)CC1. The first-order valence-corrected chi connectivity index (χ1v) is 19.1. The van der Waals surface area contributed by atoms with Gasteiger partial charge in [0, 0.05) is 74.9 Å². The fourth-order valence-corrected chi connectivity index (χ4v) is 8.43. The number of aromatic amines is 1. The van der Waals surface area contributed by atoms with Crippen molar-refractivity contribution in [2.45, 2.75) is 56.0 Å². The summed E-state index contributed by atoms with van der Waals surface area (Å²) in [6, 6.07) is 19.0. The molecule has 2 aromatic heterocycles. The lowest BCUT2D eigenvalue weighted by molar-refractivity contribution is -0.147. The number of H-pyrrole nitrogens is 1. The summed E-state index contributed by atoms with van der Waals surface area (Å²) < 4.78 is 0. The van der Waals surface area contributed by atoms with E-state index in [1.54, 1.807) is 29.4 Å². The molecule has 4 aromatic rings. The van der Waals surface area contributed by atoms with Crippen LogP contribution in [0.3, 0.4) is 0 Å². The van der Waals surface area contributed by atoms with Crippen molar-refractivity contribution in [3.8, 4) is 5.75 Å². The number of anilines is 1. The highest BCUT2D eigenvalue weighted by Gasteiger charge is 2.50. The third-order valence-electron chi connectivity index (χ3n) is 11.6. The van der Waals surface area contributed by atoms with Crippen LogP contribution in [0.15, 0.2) is 83.9 Å². The van der Waals surface area contributed by atoms with E-state index >= 15 is 0 Å². The van der Waals surface area contributed by atoms with Gasteiger partial charge in [0.15, 0.2) is 5.54 Å². The molecular formula is C41H50N8O5. The van der Waals surface area contributed by atoms with Crippen molar-refractivity contribution in [1.29, 1.82) is 0 Å². The Hall–Kier alpha value is -5.27. The molecule has 3 aliphatic heterocycles. The normalized spacial score (nSPS) is 19.0. The molecule has 6 N–H and O–H groups in total. The molecule has 0 bridgehead atoms. The van der Waals surface area contributed by atoms with Crippen LogP contribution in [-0.2, 0) is 20.8 Å². The summed E-state index contributed by atoms with van der Waals surface area (Å²) >= 11 is 0. The fourth-order valence-electron chi connectivity index (χ4n) is 8.43. The molecule has 3 fully saturated rings. The monoisotopic (exact) mass is 734 g/mol. The molecule has 2 aromatic carbocycles. The van der Waals surface area contributed by atoms with Gasteiger partial charge in [0.2, 0.25) is 11.8 Å². The predicted octanol–water partition coefficient (Wildman–Crippen LogP) is 2.50. The maximum absolute atomic E-state index is 14.9. The van der Waals surface area contributed by atoms with Gasteiger partial charge < -0.3 is 35.8 Å². The smallest absolute Gasteiger partial charge is 0.253 e. The average molecular weight is 735 g/mol. The van der Waals surface area contributed by atoms with Crippen LogP contribution < -0.4 is 26.8 Å². The van der Waals surface area contributed by atoms with Crippen molar-refractivity contribution in [3.05, 3.63) is 101 Å². The first kappa shape index (κ1) is 37.1. The van der Waals surface area contributed by atoms with Gasteiger partial charge in [-0.2, -0.15) is 0 Å². The zero-order valence-electron chi connectivity index (χ0n) is 30.6. The van der Waals surface area contributed by atoms with Crippen LogP contribution in [0.25, 0.3) is 10.9 Å². The lowest BCUT2D eigenvalue weighted by Crippen LogP contribution is -2.71. The van der Waals surface area contributed by atoms with E-state index in [1.807, 2.05) is 47.4 Å². The van der Waals surface area contributed by atoms with Gasteiger partial charge in [0.25, 0.3) is 11.5 Å². The second kappa shape index (κ2) is 16.4. The average Bonchev–Trinajstić information content (AvgIpc) is 3.21. The van der Waals surface area contributed by atoms with Crippen LogP contribution in [0.5, 0.6) is 5.75 Å². The van der Waals surface area contributed by atoms with Crippen molar-refractivity contribution in [1.82, 2.24) is 30.4 Å². The second-order valence-corrected chi connectivity index (χ2v) is 15.0. The number of nitrogens with two attached hydrogens (primary N) is 1. The maximum atomic E-state index is 14.9. The Morgan fingerprint density at radius 2 is 1.57 bits per heavy atom. The summed E-state index contributed by atoms with van der Waals surface area (Å²) in [5.41, 5.74) is 7.33. The number of fused-ring (bicyclic) bond motifs is 1. The van der Waals surface area contributed by atoms with Crippen LogP contribution in [0.2, 0.25) is 0 Å². The number of pyridine rings is 2. The Labute approximate surface area is 314 Å². The number of carbonyl (C=O) groups excluding carboxylic acids is 3. The summed E-state index contributed by atoms with van der Waals surface area (Å²) in [7, 11) is 0. The summed E-state index contributed by atoms with van der Waals surface area (Å²) in [6.45, 7) is 4.54. The number of hydrogen-bond acceptors (Lipinski definition) is 9. The number of aromatic nitrogens is 2. The summed E-state index contributed by atoms with van der Waals surface area (Å²) in [5.74, 6) is -1.31. The Morgan fingerprint density at radius 3 is 2.26 bits per heavy atom. The Kier molecular flexibility index (Phi) is 11.3. The largest absolute Gasteiger partial charge is 0.508 e. The van der Waals surface area contributed by atoms with Crippen LogP contribution in [0.1, 0.15) is 49.1 Å². The Bertz CT molecular complexity index is 1980. The van der Waals surface area contributed by atoms with Crippen molar-refractivity contribution in [3.63, 3.8) is 0 Å². The van der Waals surface area contributed by atoms with E-state index in [2.05, 4.69) is 25.5 Å². The number of aromatic hydroxyl groups is 1. The molecule has 0 aliphatic carbocycles.